The Hall–Kier alpha value is -1.26. The average Bonchev–Trinajstić information content (AvgIpc) is 2.41. The Morgan fingerprint density at radius 1 is 1.29 bits per heavy atom. The number of nitrogens with one attached hydrogen (secondary N) is 1. The van der Waals surface area contributed by atoms with Gasteiger partial charge < -0.3 is 15.8 Å². The van der Waals surface area contributed by atoms with Gasteiger partial charge in [-0.15, -0.1) is 12.4 Å². The molecule has 0 spiro atoms. The molecule has 1 aromatic rings. The zero-order chi connectivity index (χ0) is 15.2. The largest absolute Gasteiger partial charge is 0.484 e. The van der Waals surface area contributed by atoms with Gasteiger partial charge in [0.05, 0.1) is 0 Å². The number of carbonyl (C=O) groups excluding carboxylic acids is 1. The number of nitrogens with two attached hydrogens (primary N) is 1. The number of amides is 1. The number of ether oxygens (including phenoxy) is 1. The molecule has 0 saturated heterocycles. The third-order valence-corrected chi connectivity index (χ3v) is 3.14. The SMILES string of the molecule is CC(CN)CNC(=O)COc1ccc(C(C)(C)C)cc1.Cl. The lowest BCUT2D eigenvalue weighted by Crippen LogP contribution is -2.34. The predicted molar refractivity (Wildman–Crippen MR) is 89.1 cm³/mol. The van der Waals surface area contributed by atoms with Crippen LogP contribution in [0.15, 0.2) is 24.3 Å². The van der Waals surface area contributed by atoms with Crippen LogP contribution in [-0.2, 0) is 10.2 Å². The molecule has 0 saturated carbocycles. The van der Waals surface area contributed by atoms with Crippen molar-refractivity contribution in [2.75, 3.05) is 19.7 Å². The van der Waals surface area contributed by atoms with Crippen LogP contribution in [0, 0.1) is 5.92 Å². The second-order valence-corrected chi connectivity index (χ2v) is 6.21. The van der Waals surface area contributed by atoms with E-state index in [1.165, 1.54) is 5.56 Å². The average molecular weight is 315 g/mol. The predicted octanol–water partition coefficient (Wildman–Crippen LogP) is 2.50. The van der Waals surface area contributed by atoms with E-state index >= 15 is 0 Å². The van der Waals surface area contributed by atoms with Crippen molar-refractivity contribution in [3.8, 4) is 5.75 Å². The van der Waals surface area contributed by atoms with Gasteiger partial charge in [-0.25, -0.2) is 0 Å². The summed E-state index contributed by atoms with van der Waals surface area (Å²) in [6.07, 6.45) is 0. The Kier molecular flexibility index (Phi) is 8.37. The second-order valence-electron chi connectivity index (χ2n) is 6.21. The summed E-state index contributed by atoms with van der Waals surface area (Å²) in [5, 5.41) is 2.80. The van der Waals surface area contributed by atoms with Crippen LogP contribution in [0.4, 0.5) is 0 Å². The minimum Gasteiger partial charge on any atom is -0.484 e. The van der Waals surface area contributed by atoms with Crippen molar-refractivity contribution in [2.45, 2.75) is 33.1 Å². The summed E-state index contributed by atoms with van der Waals surface area (Å²) >= 11 is 0. The molecule has 0 aliphatic rings. The van der Waals surface area contributed by atoms with E-state index in [0.717, 1.165) is 0 Å². The van der Waals surface area contributed by atoms with Crippen LogP contribution >= 0.6 is 12.4 Å². The molecule has 1 aromatic carbocycles. The Morgan fingerprint density at radius 2 is 1.86 bits per heavy atom. The van der Waals surface area contributed by atoms with Gasteiger partial charge in [-0.3, -0.25) is 4.79 Å². The molecule has 0 aliphatic carbocycles. The first-order valence-corrected chi connectivity index (χ1v) is 7.03. The van der Waals surface area contributed by atoms with E-state index in [0.29, 0.717) is 18.8 Å². The van der Waals surface area contributed by atoms with E-state index in [4.69, 9.17) is 10.5 Å². The Labute approximate surface area is 133 Å². The molecular weight excluding hydrogens is 288 g/mol. The van der Waals surface area contributed by atoms with E-state index in [9.17, 15) is 4.79 Å². The molecule has 120 valence electrons. The van der Waals surface area contributed by atoms with Crippen LogP contribution in [0.5, 0.6) is 5.75 Å². The molecule has 21 heavy (non-hydrogen) atoms. The molecule has 0 heterocycles. The fourth-order valence-corrected chi connectivity index (χ4v) is 1.62. The molecule has 0 radical (unpaired) electrons. The maximum Gasteiger partial charge on any atom is 0.257 e. The first-order chi connectivity index (χ1) is 9.32. The molecule has 1 rings (SSSR count). The van der Waals surface area contributed by atoms with E-state index in [1.54, 1.807) is 0 Å². The molecule has 1 unspecified atom stereocenters. The van der Waals surface area contributed by atoms with Crippen molar-refractivity contribution < 1.29 is 9.53 Å². The van der Waals surface area contributed by atoms with E-state index in [1.807, 2.05) is 31.2 Å². The lowest BCUT2D eigenvalue weighted by atomic mass is 9.87. The van der Waals surface area contributed by atoms with Gasteiger partial charge >= 0.3 is 0 Å². The Balaban J connectivity index is 0.00000400. The number of rotatable bonds is 6. The highest BCUT2D eigenvalue weighted by Crippen LogP contribution is 2.24. The topological polar surface area (TPSA) is 64.3 Å². The standard InChI is InChI=1S/C16H26N2O2.ClH/c1-12(9-17)10-18-15(19)11-20-14-7-5-13(6-8-14)16(2,3)4;/h5-8,12H,9-11,17H2,1-4H3,(H,18,19);1H. The number of benzene rings is 1. The zero-order valence-electron chi connectivity index (χ0n) is 13.3. The summed E-state index contributed by atoms with van der Waals surface area (Å²) in [5.74, 6) is 0.871. The van der Waals surface area contributed by atoms with Gasteiger partial charge in [0.1, 0.15) is 5.75 Å². The van der Waals surface area contributed by atoms with Gasteiger partial charge in [-0.1, -0.05) is 39.8 Å². The van der Waals surface area contributed by atoms with Gasteiger partial charge in [0.2, 0.25) is 0 Å². The summed E-state index contributed by atoms with van der Waals surface area (Å²) in [6.45, 7) is 9.66. The first kappa shape index (κ1) is 19.7. The molecule has 0 aromatic heterocycles. The van der Waals surface area contributed by atoms with Crippen molar-refractivity contribution in [3.05, 3.63) is 29.8 Å². The number of halogens is 1. The Morgan fingerprint density at radius 3 is 2.33 bits per heavy atom. The van der Waals surface area contributed by atoms with Crippen LogP contribution in [0.2, 0.25) is 0 Å². The quantitative estimate of drug-likeness (QED) is 0.848. The summed E-state index contributed by atoms with van der Waals surface area (Å²) in [4.78, 5) is 11.6. The van der Waals surface area contributed by atoms with Crippen molar-refractivity contribution in [1.29, 1.82) is 0 Å². The maximum absolute atomic E-state index is 11.6. The molecule has 0 bridgehead atoms. The van der Waals surface area contributed by atoms with Crippen LogP contribution in [0.25, 0.3) is 0 Å². The molecular formula is C16H27ClN2O2. The van der Waals surface area contributed by atoms with Crippen molar-refractivity contribution in [1.82, 2.24) is 5.32 Å². The van der Waals surface area contributed by atoms with Gasteiger partial charge in [-0.2, -0.15) is 0 Å². The summed E-state index contributed by atoms with van der Waals surface area (Å²) in [7, 11) is 0. The van der Waals surface area contributed by atoms with Gasteiger partial charge in [0.25, 0.3) is 5.91 Å². The normalized spacial score (nSPS) is 12.2. The molecule has 5 heteroatoms. The molecule has 4 nitrogen and oxygen atoms in total. The maximum atomic E-state index is 11.6. The summed E-state index contributed by atoms with van der Waals surface area (Å²) in [5.41, 5.74) is 6.85. The highest BCUT2D eigenvalue weighted by Gasteiger charge is 2.13. The molecule has 1 amide bonds. The number of carbonyl (C=O) groups is 1. The van der Waals surface area contributed by atoms with Crippen molar-refractivity contribution in [2.24, 2.45) is 11.7 Å². The summed E-state index contributed by atoms with van der Waals surface area (Å²) in [6, 6.07) is 7.86. The van der Waals surface area contributed by atoms with Crippen LogP contribution in [0.1, 0.15) is 33.3 Å². The van der Waals surface area contributed by atoms with E-state index in [2.05, 4.69) is 26.1 Å². The fraction of sp³-hybridized carbons (Fsp3) is 0.562. The van der Waals surface area contributed by atoms with Crippen LogP contribution < -0.4 is 15.8 Å². The van der Waals surface area contributed by atoms with Crippen molar-refractivity contribution >= 4 is 18.3 Å². The molecule has 3 N–H and O–H groups in total. The van der Waals surface area contributed by atoms with Crippen LogP contribution in [0.3, 0.4) is 0 Å². The zero-order valence-corrected chi connectivity index (χ0v) is 14.1. The smallest absolute Gasteiger partial charge is 0.257 e. The summed E-state index contributed by atoms with van der Waals surface area (Å²) < 4.78 is 5.46. The highest BCUT2D eigenvalue weighted by molar-refractivity contribution is 5.85. The second kappa shape index (κ2) is 8.90. The number of hydrogen-bond acceptors (Lipinski definition) is 3. The lowest BCUT2D eigenvalue weighted by Gasteiger charge is -2.19. The van der Waals surface area contributed by atoms with Crippen molar-refractivity contribution in [3.63, 3.8) is 0 Å². The molecule has 1 atom stereocenters. The third-order valence-electron chi connectivity index (χ3n) is 3.14. The van der Waals surface area contributed by atoms with Crippen LogP contribution in [-0.4, -0.2) is 25.6 Å². The number of hydrogen-bond donors (Lipinski definition) is 2. The van der Waals surface area contributed by atoms with Gasteiger partial charge in [-0.05, 0) is 35.6 Å². The molecule has 0 fully saturated rings. The highest BCUT2D eigenvalue weighted by atomic mass is 35.5. The van der Waals surface area contributed by atoms with Gasteiger partial charge in [0.15, 0.2) is 6.61 Å². The third kappa shape index (κ3) is 7.34. The van der Waals surface area contributed by atoms with E-state index in [-0.39, 0.29) is 36.3 Å². The lowest BCUT2D eigenvalue weighted by molar-refractivity contribution is -0.123. The monoisotopic (exact) mass is 314 g/mol. The Bertz CT molecular complexity index is 427. The molecule has 0 aliphatic heterocycles. The fourth-order valence-electron chi connectivity index (χ4n) is 1.62. The van der Waals surface area contributed by atoms with Gasteiger partial charge in [0, 0.05) is 6.54 Å². The minimum absolute atomic E-state index is 0. The van der Waals surface area contributed by atoms with E-state index < -0.39 is 0 Å². The first-order valence-electron chi connectivity index (χ1n) is 7.03. The minimum atomic E-state index is -0.120.